The van der Waals surface area contributed by atoms with E-state index in [0.29, 0.717) is 5.41 Å². The van der Waals surface area contributed by atoms with E-state index in [9.17, 15) is 4.79 Å². The number of carbonyl (C=O) groups is 1. The van der Waals surface area contributed by atoms with Crippen LogP contribution < -0.4 is 0 Å². The zero-order valence-corrected chi connectivity index (χ0v) is 7.05. The van der Waals surface area contributed by atoms with Gasteiger partial charge in [-0.15, -0.1) is 0 Å². The first-order chi connectivity index (χ1) is 4.99. The van der Waals surface area contributed by atoms with E-state index >= 15 is 0 Å². The lowest BCUT2D eigenvalue weighted by atomic mass is 9.92. The average molecular weight is 154 g/mol. The molecule has 0 heterocycles. The maximum atomic E-state index is 10.3. The summed E-state index contributed by atoms with van der Waals surface area (Å²) in [6.07, 6.45) is 4.37. The van der Waals surface area contributed by atoms with E-state index in [2.05, 4.69) is 13.8 Å². The summed E-state index contributed by atoms with van der Waals surface area (Å²) in [4.78, 5) is 10.3. The molecule has 0 spiro atoms. The summed E-state index contributed by atoms with van der Waals surface area (Å²) in [5, 5.41) is 8.47. The van der Waals surface area contributed by atoms with Crippen LogP contribution in [-0.4, -0.2) is 11.1 Å². The van der Waals surface area contributed by atoms with Gasteiger partial charge in [0.2, 0.25) is 0 Å². The number of aliphatic carboxylic acids is 1. The second kappa shape index (κ2) is 2.68. The molecule has 11 heavy (non-hydrogen) atoms. The molecular formula is C9H14O2. The Kier molecular flexibility index (Phi) is 2.03. The summed E-state index contributed by atoms with van der Waals surface area (Å²) in [6.45, 7) is 4.35. The van der Waals surface area contributed by atoms with Gasteiger partial charge in [-0.25, -0.2) is 4.79 Å². The Balaban J connectivity index is 2.61. The highest BCUT2D eigenvalue weighted by Crippen LogP contribution is 2.40. The molecule has 62 valence electrons. The molecule has 1 aliphatic carbocycles. The molecule has 1 rings (SSSR count). The summed E-state index contributed by atoms with van der Waals surface area (Å²) in [5.74, 6) is -0.808. The van der Waals surface area contributed by atoms with Gasteiger partial charge in [0.05, 0.1) is 0 Å². The van der Waals surface area contributed by atoms with Gasteiger partial charge in [-0.2, -0.15) is 0 Å². The van der Waals surface area contributed by atoms with Crippen LogP contribution in [0.25, 0.3) is 0 Å². The Bertz CT molecular complexity index is 202. The van der Waals surface area contributed by atoms with Crippen molar-refractivity contribution >= 4 is 5.97 Å². The van der Waals surface area contributed by atoms with E-state index in [0.717, 1.165) is 24.8 Å². The second-order valence-electron chi connectivity index (χ2n) is 3.98. The molecule has 1 aliphatic rings. The Morgan fingerprint density at radius 3 is 2.64 bits per heavy atom. The van der Waals surface area contributed by atoms with Crippen molar-refractivity contribution in [2.24, 2.45) is 5.41 Å². The van der Waals surface area contributed by atoms with Gasteiger partial charge in [0.25, 0.3) is 0 Å². The quantitative estimate of drug-likeness (QED) is 0.588. The average Bonchev–Trinajstić information content (AvgIpc) is 2.08. The summed E-state index contributed by atoms with van der Waals surface area (Å²) in [6, 6.07) is 0. The van der Waals surface area contributed by atoms with Crippen molar-refractivity contribution in [1.29, 1.82) is 0 Å². The molecule has 0 aromatic rings. The molecule has 0 amide bonds. The largest absolute Gasteiger partial charge is 0.478 e. The molecule has 0 saturated heterocycles. The van der Waals surface area contributed by atoms with Crippen LogP contribution in [-0.2, 0) is 4.79 Å². The smallest absolute Gasteiger partial charge is 0.328 e. The van der Waals surface area contributed by atoms with Crippen molar-refractivity contribution in [2.45, 2.75) is 33.1 Å². The van der Waals surface area contributed by atoms with Gasteiger partial charge in [-0.3, -0.25) is 0 Å². The summed E-state index contributed by atoms with van der Waals surface area (Å²) in [5.41, 5.74) is 1.41. The highest BCUT2D eigenvalue weighted by Gasteiger charge is 2.26. The van der Waals surface area contributed by atoms with Gasteiger partial charge in [-0.05, 0) is 24.7 Å². The minimum atomic E-state index is -0.808. The van der Waals surface area contributed by atoms with Crippen LogP contribution in [0.1, 0.15) is 33.1 Å². The van der Waals surface area contributed by atoms with E-state index < -0.39 is 5.97 Å². The zero-order valence-electron chi connectivity index (χ0n) is 7.05. The molecule has 0 aliphatic heterocycles. The third-order valence-electron chi connectivity index (χ3n) is 2.16. The van der Waals surface area contributed by atoms with E-state index in [1.165, 1.54) is 6.08 Å². The normalized spacial score (nSPS) is 25.8. The highest BCUT2D eigenvalue weighted by atomic mass is 16.4. The Morgan fingerprint density at radius 1 is 1.64 bits per heavy atom. The number of carboxylic acid groups (broad SMARTS) is 1. The first kappa shape index (κ1) is 8.31. The van der Waals surface area contributed by atoms with Crippen LogP contribution in [0.3, 0.4) is 0 Å². The third-order valence-corrected chi connectivity index (χ3v) is 2.16. The van der Waals surface area contributed by atoms with Gasteiger partial charge in [0.15, 0.2) is 0 Å². The third kappa shape index (κ3) is 2.37. The molecule has 1 saturated carbocycles. The summed E-state index contributed by atoms with van der Waals surface area (Å²) < 4.78 is 0. The first-order valence-corrected chi connectivity index (χ1v) is 3.92. The minimum absolute atomic E-state index is 0.321. The lowest BCUT2D eigenvalue weighted by Crippen LogP contribution is -2.02. The van der Waals surface area contributed by atoms with Crippen molar-refractivity contribution < 1.29 is 9.90 Å². The molecule has 2 nitrogen and oxygen atoms in total. The Hall–Kier alpha value is -0.790. The van der Waals surface area contributed by atoms with Crippen LogP contribution in [0.15, 0.2) is 11.6 Å². The van der Waals surface area contributed by atoms with E-state index in [4.69, 9.17) is 5.11 Å². The van der Waals surface area contributed by atoms with Gasteiger partial charge in [0, 0.05) is 6.08 Å². The van der Waals surface area contributed by atoms with Gasteiger partial charge in [-0.1, -0.05) is 19.4 Å². The molecule has 0 aromatic carbocycles. The fourth-order valence-electron chi connectivity index (χ4n) is 1.59. The number of carboxylic acids is 1. The van der Waals surface area contributed by atoms with Gasteiger partial charge < -0.3 is 5.11 Å². The Morgan fingerprint density at radius 2 is 2.27 bits per heavy atom. The molecule has 0 atom stereocenters. The summed E-state index contributed by atoms with van der Waals surface area (Å²) >= 11 is 0. The van der Waals surface area contributed by atoms with Crippen LogP contribution in [0.2, 0.25) is 0 Å². The highest BCUT2D eigenvalue weighted by molar-refractivity contribution is 5.80. The van der Waals surface area contributed by atoms with Crippen LogP contribution >= 0.6 is 0 Å². The van der Waals surface area contributed by atoms with Crippen molar-refractivity contribution in [2.75, 3.05) is 0 Å². The monoisotopic (exact) mass is 154 g/mol. The van der Waals surface area contributed by atoms with E-state index in [1.54, 1.807) is 0 Å². The predicted molar refractivity (Wildman–Crippen MR) is 43.4 cm³/mol. The molecular weight excluding hydrogens is 140 g/mol. The molecule has 1 N–H and O–H groups in total. The van der Waals surface area contributed by atoms with Crippen molar-refractivity contribution in [3.63, 3.8) is 0 Å². The topological polar surface area (TPSA) is 37.3 Å². The molecule has 0 aromatic heterocycles. The maximum absolute atomic E-state index is 10.3. The van der Waals surface area contributed by atoms with E-state index in [-0.39, 0.29) is 0 Å². The number of allylic oxidation sites excluding steroid dienone is 1. The fourth-order valence-corrected chi connectivity index (χ4v) is 1.59. The second-order valence-corrected chi connectivity index (χ2v) is 3.98. The van der Waals surface area contributed by atoms with Crippen LogP contribution in [0.4, 0.5) is 0 Å². The van der Waals surface area contributed by atoms with E-state index in [1.807, 2.05) is 0 Å². The first-order valence-electron chi connectivity index (χ1n) is 3.92. The number of hydrogen-bond donors (Lipinski definition) is 1. The van der Waals surface area contributed by atoms with Crippen LogP contribution in [0.5, 0.6) is 0 Å². The van der Waals surface area contributed by atoms with Crippen molar-refractivity contribution in [3.05, 3.63) is 11.6 Å². The molecule has 2 heteroatoms. The van der Waals surface area contributed by atoms with Crippen molar-refractivity contribution in [3.8, 4) is 0 Å². The fraction of sp³-hybridized carbons (Fsp3) is 0.667. The molecule has 0 radical (unpaired) electrons. The lowest BCUT2D eigenvalue weighted by Gasteiger charge is -2.13. The predicted octanol–water partition coefficient (Wildman–Crippen LogP) is 2.21. The SMILES string of the molecule is CC1(C)CCC(=CC(=O)O)C1. The Labute approximate surface area is 66.9 Å². The van der Waals surface area contributed by atoms with Gasteiger partial charge >= 0.3 is 5.97 Å². The molecule has 0 bridgehead atoms. The number of rotatable bonds is 1. The molecule has 0 unspecified atom stereocenters. The number of hydrogen-bond acceptors (Lipinski definition) is 1. The van der Waals surface area contributed by atoms with Crippen LogP contribution in [0, 0.1) is 5.41 Å². The molecule has 1 fully saturated rings. The maximum Gasteiger partial charge on any atom is 0.328 e. The van der Waals surface area contributed by atoms with Gasteiger partial charge in [0.1, 0.15) is 0 Å². The summed E-state index contributed by atoms with van der Waals surface area (Å²) in [7, 11) is 0. The standard InChI is InChI=1S/C9H14O2/c1-9(2)4-3-7(6-9)5-8(10)11/h5H,3-4,6H2,1-2H3,(H,10,11). The van der Waals surface area contributed by atoms with Crippen molar-refractivity contribution in [1.82, 2.24) is 0 Å². The zero-order chi connectivity index (χ0) is 8.48. The lowest BCUT2D eigenvalue weighted by molar-refractivity contribution is -0.131. The minimum Gasteiger partial charge on any atom is -0.478 e.